The van der Waals surface area contributed by atoms with Gasteiger partial charge in [-0.15, -0.1) is 0 Å². The van der Waals surface area contributed by atoms with Crippen molar-refractivity contribution in [3.8, 4) is 5.75 Å². The molecule has 3 atom stereocenters. The van der Waals surface area contributed by atoms with Crippen molar-refractivity contribution in [3.05, 3.63) is 87.6 Å². The van der Waals surface area contributed by atoms with Gasteiger partial charge in [0.15, 0.2) is 5.82 Å². The van der Waals surface area contributed by atoms with Crippen molar-refractivity contribution in [2.24, 2.45) is 5.92 Å². The van der Waals surface area contributed by atoms with Gasteiger partial charge in [-0.05, 0) is 118 Å². The summed E-state index contributed by atoms with van der Waals surface area (Å²) in [6.07, 6.45) is 13.2. The molecule has 3 fully saturated rings. The van der Waals surface area contributed by atoms with Gasteiger partial charge < -0.3 is 25.2 Å². The summed E-state index contributed by atoms with van der Waals surface area (Å²) in [5.41, 5.74) is 7.05. The lowest BCUT2D eigenvalue weighted by Gasteiger charge is -2.39. The number of carbonyl (C=O) groups is 4. The Balaban J connectivity index is 0.720. The third kappa shape index (κ3) is 8.93. The Bertz CT molecular complexity index is 2760. The molecule has 10 rings (SSSR count). The van der Waals surface area contributed by atoms with Gasteiger partial charge in [-0.2, -0.15) is 4.98 Å². The molecule has 0 radical (unpaired) electrons. The standard InChI is InChI=1S/C49H56ClN9O7S/c1-56(22-17-29-5-3-6-30(10-9-29)32-11-12-34-36(27-32)48(63)59(47(34)62)41-15-16-42(60)54-46(41)61)33-19-23-57(24-20-33)40-14-13-39(44-35(40)21-26-66-44)53-49-51-28-37(50)45(55-49)52-38-8-4-7-31-18-25-58(43(31)38)67(2,64)65/h4,7-8,11-14,27-30,33,41H,3,5-6,9-10,15-26H2,1-2H3,(H,54,60,61)(H2,51,52,53,55)/t29?,30-,41?/m0/s1. The minimum atomic E-state index is -3.47. The second-order valence-corrected chi connectivity index (χ2v) is 21.2. The van der Waals surface area contributed by atoms with Gasteiger partial charge in [0.2, 0.25) is 27.8 Å². The fourth-order valence-electron chi connectivity index (χ4n) is 11.2. The second kappa shape index (κ2) is 18.4. The maximum atomic E-state index is 13.5. The number of imide groups is 2. The predicted molar refractivity (Wildman–Crippen MR) is 256 cm³/mol. The van der Waals surface area contributed by atoms with Gasteiger partial charge in [-0.3, -0.25) is 33.7 Å². The highest BCUT2D eigenvalue weighted by Gasteiger charge is 2.45. The van der Waals surface area contributed by atoms with E-state index in [0.29, 0.717) is 76.7 Å². The van der Waals surface area contributed by atoms with Crippen molar-refractivity contribution < 1.29 is 32.3 Å². The molecule has 3 N–H and O–H groups in total. The maximum absolute atomic E-state index is 13.5. The summed E-state index contributed by atoms with van der Waals surface area (Å²) in [7, 11) is -1.20. The Kier molecular flexibility index (Phi) is 12.3. The van der Waals surface area contributed by atoms with Crippen LogP contribution in [0.3, 0.4) is 0 Å². The van der Waals surface area contributed by atoms with Crippen LogP contribution in [-0.2, 0) is 32.5 Å². The zero-order valence-electron chi connectivity index (χ0n) is 37.9. The molecule has 2 saturated heterocycles. The summed E-state index contributed by atoms with van der Waals surface area (Å²) in [6.45, 7) is 3.93. The lowest BCUT2D eigenvalue weighted by Crippen LogP contribution is -2.54. The number of amides is 4. The number of nitrogens with one attached hydrogen (secondary N) is 3. The van der Waals surface area contributed by atoms with Crippen molar-refractivity contribution in [1.82, 2.24) is 25.1 Å². The summed E-state index contributed by atoms with van der Waals surface area (Å²) in [5.74, 6) is 0.529. The highest BCUT2D eigenvalue weighted by Crippen LogP contribution is 2.44. The van der Waals surface area contributed by atoms with E-state index in [0.717, 1.165) is 98.5 Å². The van der Waals surface area contributed by atoms with Gasteiger partial charge in [-0.1, -0.05) is 42.6 Å². The van der Waals surface area contributed by atoms with E-state index in [4.69, 9.17) is 21.3 Å². The van der Waals surface area contributed by atoms with Gasteiger partial charge in [0, 0.05) is 49.8 Å². The van der Waals surface area contributed by atoms with Crippen molar-refractivity contribution in [1.29, 1.82) is 0 Å². The smallest absolute Gasteiger partial charge is 0.262 e. The van der Waals surface area contributed by atoms with Gasteiger partial charge in [0.25, 0.3) is 11.8 Å². The summed E-state index contributed by atoms with van der Waals surface area (Å²) in [4.78, 5) is 66.2. The van der Waals surface area contributed by atoms with Crippen LogP contribution in [0.4, 0.5) is 34.5 Å². The Labute approximate surface area is 395 Å². The van der Waals surface area contributed by atoms with Crippen LogP contribution in [-0.4, -0.2) is 110 Å². The highest BCUT2D eigenvalue weighted by molar-refractivity contribution is 7.92. The molecule has 0 bridgehead atoms. The van der Waals surface area contributed by atoms with E-state index >= 15 is 0 Å². The van der Waals surface area contributed by atoms with Gasteiger partial charge >= 0.3 is 0 Å². The number of nitrogens with zero attached hydrogens (tertiary/aromatic N) is 6. The zero-order valence-corrected chi connectivity index (χ0v) is 39.4. The number of carbonyl (C=O) groups excluding carboxylic acids is 4. The molecule has 67 heavy (non-hydrogen) atoms. The van der Waals surface area contributed by atoms with Gasteiger partial charge in [0.1, 0.15) is 16.8 Å². The first-order chi connectivity index (χ1) is 32.3. The molecule has 2 unspecified atom stereocenters. The van der Waals surface area contributed by atoms with Gasteiger partial charge in [0.05, 0.1) is 47.2 Å². The minimum absolute atomic E-state index is 0.100. The Morgan fingerprint density at radius 3 is 2.51 bits per heavy atom. The summed E-state index contributed by atoms with van der Waals surface area (Å²) in [6, 6.07) is 15.0. The third-order valence-electron chi connectivity index (χ3n) is 14.8. The number of ether oxygens (including phenoxy) is 1. The Hall–Kier alpha value is -5.78. The number of piperidine rings is 2. The van der Waals surface area contributed by atoms with Crippen molar-refractivity contribution in [3.63, 3.8) is 0 Å². The third-order valence-corrected chi connectivity index (χ3v) is 16.2. The lowest BCUT2D eigenvalue weighted by atomic mass is 9.89. The average molecular weight is 951 g/mol. The number of aromatic nitrogens is 2. The quantitative estimate of drug-likeness (QED) is 0.0982. The average Bonchev–Trinajstić information content (AvgIpc) is 4.00. The molecule has 18 heteroatoms. The monoisotopic (exact) mass is 949 g/mol. The first-order valence-electron chi connectivity index (χ1n) is 23.6. The molecule has 6 heterocycles. The second-order valence-electron chi connectivity index (χ2n) is 18.9. The van der Waals surface area contributed by atoms with Crippen molar-refractivity contribution in [2.45, 2.75) is 95.1 Å². The molecule has 3 aromatic carbocycles. The minimum Gasteiger partial charge on any atom is -0.491 e. The summed E-state index contributed by atoms with van der Waals surface area (Å²) in [5, 5.41) is 9.19. The van der Waals surface area contributed by atoms with Crippen LogP contribution in [0.5, 0.6) is 5.75 Å². The summed E-state index contributed by atoms with van der Waals surface area (Å²) >= 11 is 6.57. The molecule has 4 amide bonds. The van der Waals surface area contributed by atoms with E-state index in [1.165, 1.54) is 34.4 Å². The molecule has 1 aliphatic carbocycles. The van der Waals surface area contributed by atoms with E-state index in [1.807, 2.05) is 36.4 Å². The number of anilines is 6. The van der Waals surface area contributed by atoms with Gasteiger partial charge in [-0.25, -0.2) is 13.4 Å². The van der Waals surface area contributed by atoms with Crippen LogP contribution in [0.15, 0.2) is 54.7 Å². The fourth-order valence-corrected chi connectivity index (χ4v) is 12.3. The summed E-state index contributed by atoms with van der Waals surface area (Å²) < 4.78 is 32.8. The van der Waals surface area contributed by atoms with Crippen molar-refractivity contribution >= 4 is 79.8 Å². The number of hydrogen-bond acceptors (Lipinski definition) is 13. The first kappa shape index (κ1) is 45.0. The normalized spacial score (nSPS) is 22.1. The molecular weight excluding hydrogens is 894 g/mol. The van der Waals surface area contributed by atoms with E-state index in [-0.39, 0.29) is 18.7 Å². The number of fused-ring (bicyclic) bond motifs is 3. The molecule has 6 aliphatic rings. The number of para-hydroxylation sites is 1. The van der Waals surface area contributed by atoms with Crippen LogP contribution in [0, 0.1) is 5.92 Å². The molecule has 1 aromatic heterocycles. The molecule has 0 spiro atoms. The molecule has 352 valence electrons. The number of sulfonamides is 1. The van der Waals surface area contributed by atoms with Crippen LogP contribution in [0.25, 0.3) is 0 Å². The Morgan fingerprint density at radius 1 is 0.881 bits per heavy atom. The SMILES string of the molecule is CN(CCC1CCC[C@H](c2ccc3c(c2)C(=O)N(C2CCC(=O)NC2=O)C3=O)CC1)C1CCN(c2ccc(Nc3ncc(Cl)c(Nc4cccc5c4N(S(C)(=O)=O)CC5)n3)c3c2CCO3)CC1. The van der Waals surface area contributed by atoms with Crippen LogP contribution < -0.4 is 29.9 Å². The first-order valence-corrected chi connectivity index (χ1v) is 25.8. The zero-order chi connectivity index (χ0) is 46.6. The van der Waals surface area contributed by atoms with Crippen molar-refractivity contribution in [2.75, 3.05) is 65.9 Å². The van der Waals surface area contributed by atoms with Crippen LogP contribution >= 0.6 is 11.6 Å². The molecule has 5 aliphatic heterocycles. The molecule has 4 aromatic rings. The van der Waals surface area contributed by atoms with E-state index in [2.05, 4.69) is 43.8 Å². The topological polar surface area (TPSA) is 186 Å². The predicted octanol–water partition coefficient (Wildman–Crippen LogP) is 6.93. The highest BCUT2D eigenvalue weighted by atomic mass is 35.5. The number of halogens is 1. The number of benzene rings is 3. The molecule has 16 nitrogen and oxygen atoms in total. The van der Waals surface area contributed by atoms with Crippen LogP contribution in [0.2, 0.25) is 5.02 Å². The van der Waals surface area contributed by atoms with E-state index in [9.17, 15) is 27.6 Å². The fraction of sp³-hybridized carbons (Fsp3) is 0.469. The number of rotatable bonds is 12. The van der Waals surface area contributed by atoms with Crippen LogP contribution in [0.1, 0.15) is 108 Å². The largest absolute Gasteiger partial charge is 0.491 e. The molecular formula is C49H56ClN9O7S. The lowest BCUT2D eigenvalue weighted by molar-refractivity contribution is -0.136. The Morgan fingerprint density at radius 2 is 1.70 bits per heavy atom. The van der Waals surface area contributed by atoms with E-state index in [1.54, 1.807) is 6.07 Å². The molecule has 1 saturated carbocycles. The number of hydrogen-bond donors (Lipinski definition) is 3. The van der Waals surface area contributed by atoms with E-state index < -0.39 is 33.8 Å². The maximum Gasteiger partial charge on any atom is 0.262 e.